The lowest BCUT2D eigenvalue weighted by atomic mass is 10.2. The van der Waals surface area contributed by atoms with Gasteiger partial charge in [-0.2, -0.15) is 0 Å². The van der Waals surface area contributed by atoms with Gasteiger partial charge in [-0.05, 0) is 42.8 Å². The van der Waals surface area contributed by atoms with Crippen molar-refractivity contribution in [3.63, 3.8) is 0 Å². The van der Waals surface area contributed by atoms with Crippen molar-refractivity contribution in [3.8, 4) is 5.75 Å². The van der Waals surface area contributed by atoms with Gasteiger partial charge in [0.2, 0.25) is 0 Å². The molecule has 0 saturated carbocycles. The molecule has 0 bridgehead atoms. The molecule has 0 aliphatic carbocycles. The summed E-state index contributed by atoms with van der Waals surface area (Å²) in [6, 6.07) is 10.3. The number of hydrogen-bond acceptors (Lipinski definition) is 2. The maximum atomic E-state index is 13.6. The summed E-state index contributed by atoms with van der Waals surface area (Å²) in [5, 5.41) is 0. The highest BCUT2D eigenvalue weighted by Crippen LogP contribution is 2.22. The van der Waals surface area contributed by atoms with Gasteiger partial charge in [0, 0.05) is 15.7 Å². The topological polar surface area (TPSA) is 35.2 Å². The number of rotatable bonds is 3. The average Bonchev–Trinajstić information content (AvgIpc) is 2.30. The van der Waals surface area contributed by atoms with Gasteiger partial charge in [0.25, 0.3) is 0 Å². The second kappa shape index (κ2) is 5.40. The standard InChI is InChI=1S/C14H13BrFNO/c1-9-6-12(17)4-5-14(9)18-8-10-2-3-11(15)7-13(10)16/h2-7H,8,17H2,1H3. The Hall–Kier alpha value is -1.55. The molecule has 4 heteroatoms. The Morgan fingerprint density at radius 1 is 1.22 bits per heavy atom. The minimum absolute atomic E-state index is 0.198. The number of hydrogen-bond donors (Lipinski definition) is 1. The third kappa shape index (κ3) is 3.01. The molecule has 0 aromatic heterocycles. The van der Waals surface area contributed by atoms with E-state index in [2.05, 4.69) is 15.9 Å². The van der Waals surface area contributed by atoms with Gasteiger partial charge < -0.3 is 10.5 Å². The Bertz CT molecular complexity index is 520. The van der Waals surface area contributed by atoms with Gasteiger partial charge in [0.05, 0.1) is 0 Å². The van der Waals surface area contributed by atoms with Crippen LogP contribution in [0.25, 0.3) is 0 Å². The maximum absolute atomic E-state index is 13.6. The summed E-state index contributed by atoms with van der Waals surface area (Å²) < 4.78 is 19.9. The van der Waals surface area contributed by atoms with Crippen molar-refractivity contribution < 1.29 is 9.13 Å². The van der Waals surface area contributed by atoms with E-state index >= 15 is 0 Å². The van der Waals surface area contributed by atoms with E-state index in [1.54, 1.807) is 24.3 Å². The van der Waals surface area contributed by atoms with E-state index in [1.165, 1.54) is 6.07 Å². The van der Waals surface area contributed by atoms with Crippen LogP contribution in [0.3, 0.4) is 0 Å². The van der Waals surface area contributed by atoms with Crippen LogP contribution in [-0.2, 0) is 6.61 Å². The lowest BCUT2D eigenvalue weighted by Crippen LogP contribution is -2.00. The third-order valence-electron chi connectivity index (χ3n) is 2.60. The summed E-state index contributed by atoms with van der Waals surface area (Å²) in [7, 11) is 0. The van der Waals surface area contributed by atoms with E-state index < -0.39 is 0 Å². The third-order valence-corrected chi connectivity index (χ3v) is 3.09. The largest absolute Gasteiger partial charge is 0.489 e. The second-order valence-corrected chi connectivity index (χ2v) is 4.97. The smallest absolute Gasteiger partial charge is 0.130 e. The Morgan fingerprint density at radius 2 is 2.00 bits per heavy atom. The molecule has 0 amide bonds. The summed E-state index contributed by atoms with van der Waals surface area (Å²) in [6.07, 6.45) is 0. The van der Waals surface area contributed by atoms with Gasteiger partial charge in [0.15, 0.2) is 0 Å². The number of nitrogen functional groups attached to an aromatic ring is 1. The molecule has 0 fully saturated rings. The normalized spacial score (nSPS) is 10.4. The lowest BCUT2D eigenvalue weighted by molar-refractivity contribution is 0.298. The summed E-state index contributed by atoms with van der Waals surface area (Å²) in [6.45, 7) is 2.10. The molecule has 0 atom stereocenters. The van der Waals surface area contributed by atoms with E-state index in [0.717, 1.165) is 5.56 Å². The van der Waals surface area contributed by atoms with Crippen molar-refractivity contribution in [2.24, 2.45) is 0 Å². The van der Waals surface area contributed by atoms with Crippen LogP contribution in [0, 0.1) is 12.7 Å². The highest BCUT2D eigenvalue weighted by molar-refractivity contribution is 9.10. The van der Waals surface area contributed by atoms with E-state index in [9.17, 15) is 4.39 Å². The van der Waals surface area contributed by atoms with Crippen LogP contribution in [-0.4, -0.2) is 0 Å². The Morgan fingerprint density at radius 3 is 2.67 bits per heavy atom. The fourth-order valence-corrected chi connectivity index (χ4v) is 1.96. The first kappa shape index (κ1) is 12.9. The van der Waals surface area contributed by atoms with Crippen molar-refractivity contribution in [2.75, 3.05) is 5.73 Å². The van der Waals surface area contributed by atoms with Gasteiger partial charge in [-0.15, -0.1) is 0 Å². The Labute approximate surface area is 114 Å². The number of anilines is 1. The maximum Gasteiger partial charge on any atom is 0.130 e. The lowest BCUT2D eigenvalue weighted by Gasteiger charge is -2.10. The van der Waals surface area contributed by atoms with Gasteiger partial charge >= 0.3 is 0 Å². The number of aryl methyl sites for hydroxylation is 1. The molecule has 2 rings (SSSR count). The zero-order valence-electron chi connectivity index (χ0n) is 9.91. The van der Waals surface area contributed by atoms with Crippen LogP contribution in [0.2, 0.25) is 0 Å². The first-order valence-electron chi connectivity index (χ1n) is 5.49. The molecular formula is C14H13BrFNO. The van der Waals surface area contributed by atoms with Crippen LogP contribution in [0.15, 0.2) is 40.9 Å². The molecular weight excluding hydrogens is 297 g/mol. The zero-order chi connectivity index (χ0) is 13.1. The van der Waals surface area contributed by atoms with E-state index in [1.807, 2.05) is 13.0 Å². The summed E-state index contributed by atoms with van der Waals surface area (Å²) in [5.74, 6) is 0.434. The minimum Gasteiger partial charge on any atom is -0.489 e. The van der Waals surface area contributed by atoms with Gasteiger partial charge in [-0.25, -0.2) is 4.39 Å². The molecule has 0 saturated heterocycles. The Kier molecular flexibility index (Phi) is 3.87. The fraction of sp³-hybridized carbons (Fsp3) is 0.143. The van der Waals surface area contributed by atoms with Crippen LogP contribution < -0.4 is 10.5 Å². The average molecular weight is 310 g/mol. The molecule has 0 aliphatic rings. The molecule has 0 aliphatic heterocycles. The number of benzene rings is 2. The molecule has 0 spiro atoms. The molecule has 18 heavy (non-hydrogen) atoms. The Balaban J connectivity index is 2.11. The predicted octanol–water partition coefficient (Wildman–Crippen LogP) is 4.06. The van der Waals surface area contributed by atoms with Crippen LogP contribution in [0.5, 0.6) is 5.75 Å². The quantitative estimate of drug-likeness (QED) is 0.868. The van der Waals surface area contributed by atoms with Crippen LogP contribution >= 0.6 is 15.9 Å². The first-order chi connectivity index (χ1) is 8.56. The molecule has 2 aromatic carbocycles. The molecule has 2 N–H and O–H groups in total. The van der Waals surface area contributed by atoms with Gasteiger partial charge in [-0.3, -0.25) is 0 Å². The monoisotopic (exact) mass is 309 g/mol. The van der Waals surface area contributed by atoms with Crippen LogP contribution in [0.1, 0.15) is 11.1 Å². The predicted molar refractivity (Wildman–Crippen MR) is 74.0 cm³/mol. The van der Waals surface area contributed by atoms with Gasteiger partial charge in [-0.1, -0.05) is 22.0 Å². The van der Waals surface area contributed by atoms with Crippen molar-refractivity contribution in [1.82, 2.24) is 0 Å². The summed E-state index contributed by atoms with van der Waals surface area (Å²) in [5.41, 5.74) is 7.80. The van der Waals surface area contributed by atoms with Crippen LogP contribution in [0.4, 0.5) is 10.1 Å². The minimum atomic E-state index is -0.280. The highest BCUT2D eigenvalue weighted by Gasteiger charge is 2.05. The van der Waals surface area contributed by atoms with E-state index in [-0.39, 0.29) is 12.4 Å². The second-order valence-electron chi connectivity index (χ2n) is 4.05. The number of ether oxygens (including phenoxy) is 1. The van der Waals surface area contributed by atoms with Crippen molar-refractivity contribution in [3.05, 3.63) is 57.8 Å². The fourth-order valence-electron chi connectivity index (χ4n) is 1.63. The van der Waals surface area contributed by atoms with Crippen molar-refractivity contribution in [1.29, 1.82) is 0 Å². The van der Waals surface area contributed by atoms with Crippen molar-refractivity contribution >= 4 is 21.6 Å². The molecule has 2 aromatic rings. The first-order valence-corrected chi connectivity index (χ1v) is 6.28. The molecule has 0 unspecified atom stereocenters. The SMILES string of the molecule is Cc1cc(N)ccc1OCc1ccc(Br)cc1F. The van der Waals surface area contributed by atoms with Gasteiger partial charge in [0.1, 0.15) is 18.2 Å². The zero-order valence-corrected chi connectivity index (χ0v) is 11.5. The molecule has 0 heterocycles. The molecule has 2 nitrogen and oxygen atoms in total. The molecule has 94 valence electrons. The summed E-state index contributed by atoms with van der Waals surface area (Å²) in [4.78, 5) is 0. The van der Waals surface area contributed by atoms with E-state index in [4.69, 9.17) is 10.5 Å². The number of nitrogens with two attached hydrogens (primary N) is 1. The number of halogens is 2. The van der Waals surface area contributed by atoms with Crippen molar-refractivity contribution in [2.45, 2.75) is 13.5 Å². The molecule has 0 radical (unpaired) electrons. The summed E-state index contributed by atoms with van der Waals surface area (Å²) >= 11 is 3.22. The van der Waals surface area contributed by atoms with E-state index in [0.29, 0.717) is 21.5 Å². The highest BCUT2D eigenvalue weighted by atomic mass is 79.9.